The Kier molecular flexibility index (Phi) is 3.30. The number of hydrogen-bond donors (Lipinski definition) is 1. The number of quaternary nitrogens is 1. The molecule has 0 amide bonds. The molecule has 2 aliphatic heterocycles. The van der Waals surface area contributed by atoms with E-state index in [2.05, 4.69) is 4.98 Å². The van der Waals surface area contributed by atoms with Gasteiger partial charge in [0.25, 0.3) is 5.56 Å². The van der Waals surface area contributed by atoms with Crippen molar-refractivity contribution in [2.75, 3.05) is 26.3 Å². The average Bonchev–Trinajstić information content (AvgIpc) is 3.11. The Labute approximate surface area is 125 Å². The molecule has 6 nitrogen and oxygen atoms in total. The van der Waals surface area contributed by atoms with Gasteiger partial charge in [-0.3, -0.25) is 9.20 Å². The summed E-state index contributed by atoms with van der Waals surface area (Å²) in [4.78, 5) is 18.8. The predicted octanol–water partition coefficient (Wildman–Crippen LogP) is -0.322. The Hall–Kier alpha value is -1.28. The molecule has 2 aromatic heterocycles. The van der Waals surface area contributed by atoms with Crippen molar-refractivity contribution in [3.8, 4) is 0 Å². The van der Waals surface area contributed by atoms with Gasteiger partial charge in [0.05, 0.1) is 39.1 Å². The van der Waals surface area contributed by atoms with Crippen molar-refractivity contribution < 1.29 is 14.4 Å². The molecule has 2 fully saturated rings. The van der Waals surface area contributed by atoms with E-state index in [0.717, 1.165) is 43.1 Å². The van der Waals surface area contributed by atoms with Gasteiger partial charge in [-0.05, 0) is 0 Å². The summed E-state index contributed by atoms with van der Waals surface area (Å²) in [7, 11) is 0. The highest BCUT2D eigenvalue weighted by atomic mass is 32.1. The van der Waals surface area contributed by atoms with Gasteiger partial charge in [-0.25, -0.2) is 4.98 Å². The summed E-state index contributed by atoms with van der Waals surface area (Å²) in [6, 6.07) is 1.65. The van der Waals surface area contributed by atoms with Gasteiger partial charge in [0.2, 0.25) is 0 Å². The summed E-state index contributed by atoms with van der Waals surface area (Å²) < 4.78 is 13.1. The lowest BCUT2D eigenvalue weighted by molar-refractivity contribution is -0.922. The zero-order chi connectivity index (χ0) is 14.3. The van der Waals surface area contributed by atoms with E-state index < -0.39 is 0 Å². The molecule has 21 heavy (non-hydrogen) atoms. The van der Waals surface area contributed by atoms with Gasteiger partial charge < -0.3 is 14.4 Å². The van der Waals surface area contributed by atoms with E-state index in [1.807, 2.05) is 5.38 Å². The molecule has 4 rings (SSSR count). The number of thiazole rings is 1. The SMILES string of the molecule is O=c1cc(C[NH+]2CCC3(CC2)OCCO3)nc2sccn12. The van der Waals surface area contributed by atoms with Gasteiger partial charge in [0, 0.05) is 17.6 Å². The molecule has 0 radical (unpaired) electrons. The lowest BCUT2D eigenvalue weighted by Crippen LogP contribution is -3.12. The maximum atomic E-state index is 12.0. The normalized spacial score (nSPS) is 22.3. The quantitative estimate of drug-likeness (QED) is 0.826. The first-order valence-electron chi connectivity index (χ1n) is 7.31. The number of piperidine rings is 1. The molecule has 4 heterocycles. The molecule has 0 bridgehead atoms. The summed E-state index contributed by atoms with van der Waals surface area (Å²) in [6.07, 6.45) is 3.61. The van der Waals surface area contributed by atoms with Crippen LogP contribution >= 0.6 is 11.3 Å². The Balaban J connectivity index is 1.47. The first kappa shape index (κ1) is 13.4. The summed E-state index contributed by atoms with van der Waals surface area (Å²) >= 11 is 1.50. The van der Waals surface area contributed by atoms with Crippen LogP contribution in [0.1, 0.15) is 18.5 Å². The number of hydrogen-bond acceptors (Lipinski definition) is 5. The molecule has 0 unspecified atom stereocenters. The summed E-state index contributed by atoms with van der Waals surface area (Å²) in [5.74, 6) is -0.325. The third kappa shape index (κ3) is 2.50. The van der Waals surface area contributed by atoms with E-state index in [4.69, 9.17) is 9.47 Å². The predicted molar refractivity (Wildman–Crippen MR) is 77.6 cm³/mol. The van der Waals surface area contributed by atoms with E-state index in [1.54, 1.807) is 16.7 Å². The third-order valence-electron chi connectivity index (χ3n) is 4.32. The molecule has 1 spiro atoms. The number of nitrogens with one attached hydrogen (secondary N) is 1. The topological polar surface area (TPSA) is 57.3 Å². The Morgan fingerprint density at radius 2 is 2.10 bits per heavy atom. The minimum atomic E-state index is -0.325. The van der Waals surface area contributed by atoms with Crippen LogP contribution in [0.25, 0.3) is 4.96 Å². The molecule has 2 aromatic rings. The number of fused-ring (bicyclic) bond motifs is 1. The highest BCUT2D eigenvalue weighted by molar-refractivity contribution is 7.15. The third-order valence-corrected chi connectivity index (χ3v) is 5.08. The molecule has 0 aliphatic carbocycles. The van der Waals surface area contributed by atoms with Gasteiger partial charge >= 0.3 is 0 Å². The van der Waals surface area contributed by atoms with Crippen LogP contribution in [0.5, 0.6) is 0 Å². The molecule has 112 valence electrons. The smallest absolute Gasteiger partial charge is 0.258 e. The second-order valence-electron chi connectivity index (χ2n) is 5.68. The van der Waals surface area contributed by atoms with Crippen LogP contribution in [-0.2, 0) is 16.0 Å². The Morgan fingerprint density at radius 1 is 1.33 bits per heavy atom. The monoisotopic (exact) mass is 308 g/mol. The first-order chi connectivity index (χ1) is 10.2. The van der Waals surface area contributed by atoms with Gasteiger partial charge in [0.1, 0.15) is 12.2 Å². The van der Waals surface area contributed by atoms with Crippen molar-refractivity contribution in [1.29, 1.82) is 0 Å². The Bertz CT molecular complexity index is 695. The second-order valence-corrected chi connectivity index (χ2v) is 6.55. The zero-order valence-electron chi connectivity index (χ0n) is 11.7. The number of rotatable bonds is 2. The van der Waals surface area contributed by atoms with Crippen molar-refractivity contribution in [1.82, 2.24) is 9.38 Å². The maximum absolute atomic E-state index is 12.0. The molecule has 2 saturated heterocycles. The molecule has 0 aromatic carbocycles. The molecular weight excluding hydrogens is 290 g/mol. The maximum Gasteiger partial charge on any atom is 0.258 e. The second kappa shape index (κ2) is 5.17. The van der Waals surface area contributed by atoms with Crippen LogP contribution in [0, 0.1) is 0 Å². The number of aromatic nitrogens is 2. The van der Waals surface area contributed by atoms with Crippen LogP contribution in [-0.4, -0.2) is 41.5 Å². The van der Waals surface area contributed by atoms with Crippen molar-refractivity contribution in [3.63, 3.8) is 0 Å². The molecular formula is C14H18N3O3S+. The Morgan fingerprint density at radius 3 is 2.86 bits per heavy atom. The highest BCUT2D eigenvalue weighted by Gasteiger charge is 2.41. The van der Waals surface area contributed by atoms with Crippen LogP contribution < -0.4 is 10.5 Å². The molecule has 1 N–H and O–H groups in total. The van der Waals surface area contributed by atoms with E-state index in [9.17, 15) is 4.79 Å². The largest absolute Gasteiger partial charge is 0.347 e. The van der Waals surface area contributed by atoms with E-state index in [0.29, 0.717) is 13.2 Å². The lowest BCUT2D eigenvalue weighted by atomic mass is 10.0. The van der Waals surface area contributed by atoms with Crippen LogP contribution in [0.4, 0.5) is 0 Å². The molecule has 0 saturated carbocycles. The van der Waals surface area contributed by atoms with Crippen LogP contribution in [0.2, 0.25) is 0 Å². The number of ether oxygens (including phenoxy) is 2. The highest BCUT2D eigenvalue weighted by Crippen LogP contribution is 2.27. The molecule has 7 heteroatoms. The average molecular weight is 308 g/mol. The van der Waals surface area contributed by atoms with Gasteiger partial charge in [0.15, 0.2) is 10.7 Å². The van der Waals surface area contributed by atoms with Crippen LogP contribution in [0.15, 0.2) is 22.4 Å². The zero-order valence-corrected chi connectivity index (χ0v) is 12.5. The van der Waals surface area contributed by atoms with Gasteiger partial charge in [-0.15, -0.1) is 11.3 Å². The summed E-state index contributed by atoms with van der Waals surface area (Å²) in [5.41, 5.74) is 0.883. The number of nitrogens with zero attached hydrogens (tertiary/aromatic N) is 2. The minimum Gasteiger partial charge on any atom is -0.347 e. The van der Waals surface area contributed by atoms with Gasteiger partial charge in [-0.1, -0.05) is 0 Å². The van der Waals surface area contributed by atoms with Gasteiger partial charge in [-0.2, -0.15) is 0 Å². The lowest BCUT2D eigenvalue weighted by Gasteiger charge is -2.35. The first-order valence-corrected chi connectivity index (χ1v) is 8.19. The summed E-state index contributed by atoms with van der Waals surface area (Å²) in [6.45, 7) is 4.20. The standard InChI is InChI=1S/C14H17N3O3S/c18-12-9-11(15-13-17(12)5-8-21-13)10-16-3-1-14(2-4-16)19-6-7-20-14/h5,8-9H,1-4,6-7,10H2/p+1. The van der Waals surface area contributed by atoms with E-state index in [-0.39, 0.29) is 11.3 Å². The molecule has 2 aliphatic rings. The molecule has 0 atom stereocenters. The van der Waals surface area contributed by atoms with E-state index >= 15 is 0 Å². The fraction of sp³-hybridized carbons (Fsp3) is 0.571. The van der Waals surface area contributed by atoms with Crippen molar-refractivity contribution in [3.05, 3.63) is 33.7 Å². The van der Waals surface area contributed by atoms with Crippen LogP contribution in [0.3, 0.4) is 0 Å². The fourth-order valence-corrected chi connectivity index (χ4v) is 3.92. The van der Waals surface area contributed by atoms with Crippen molar-refractivity contribution >= 4 is 16.3 Å². The van der Waals surface area contributed by atoms with Crippen molar-refractivity contribution in [2.45, 2.75) is 25.2 Å². The minimum absolute atomic E-state index is 0.00610. The number of likely N-dealkylation sites (tertiary alicyclic amines) is 1. The van der Waals surface area contributed by atoms with E-state index in [1.165, 1.54) is 16.2 Å². The summed E-state index contributed by atoms with van der Waals surface area (Å²) in [5, 5.41) is 1.89. The fourth-order valence-electron chi connectivity index (χ4n) is 3.18. The van der Waals surface area contributed by atoms with Crippen molar-refractivity contribution in [2.24, 2.45) is 0 Å².